The van der Waals surface area contributed by atoms with Crippen LogP contribution in [0.3, 0.4) is 0 Å². The molecule has 0 amide bonds. The fourth-order valence-corrected chi connectivity index (χ4v) is 2.04. The second-order valence-electron chi connectivity index (χ2n) is 4.59. The molecular formula is C16H19FN2O. The average Bonchev–Trinajstić information content (AvgIpc) is 2.45. The minimum atomic E-state index is -0.173. The minimum Gasteiger partial charge on any atom is -0.495 e. The summed E-state index contributed by atoms with van der Waals surface area (Å²) in [7, 11) is 1.60. The second kappa shape index (κ2) is 6.91. The fraction of sp³-hybridized carbons (Fsp3) is 0.250. The molecule has 4 heteroatoms. The molecule has 106 valence electrons. The van der Waals surface area contributed by atoms with Crippen LogP contribution in [0.5, 0.6) is 5.75 Å². The summed E-state index contributed by atoms with van der Waals surface area (Å²) >= 11 is 0. The number of anilines is 1. The van der Waals surface area contributed by atoms with Gasteiger partial charge in [0.25, 0.3) is 0 Å². The molecule has 0 radical (unpaired) electrons. The van der Waals surface area contributed by atoms with Gasteiger partial charge in [0.1, 0.15) is 11.6 Å². The summed E-state index contributed by atoms with van der Waals surface area (Å²) in [5.74, 6) is 0.516. The molecule has 3 nitrogen and oxygen atoms in total. The summed E-state index contributed by atoms with van der Waals surface area (Å²) in [6, 6.07) is 12.5. The highest BCUT2D eigenvalue weighted by Gasteiger charge is 2.02. The van der Waals surface area contributed by atoms with Gasteiger partial charge in [-0.2, -0.15) is 0 Å². The zero-order valence-electron chi connectivity index (χ0n) is 11.5. The maximum atomic E-state index is 13.4. The van der Waals surface area contributed by atoms with Gasteiger partial charge in [-0.25, -0.2) is 4.39 Å². The van der Waals surface area contributed by atoms with Crippen LogP contribution in [-0.4, -0.2) is 13.7 Å². The molecule has 2 aromatic carbocycles. The van der Waals surface area contributed by atoms with Crippen molar-refractivity contribution in [2.75, 3.05) is 19.4 Å². The molecule has 2 aromatic rings. The van der Waals surface area contributed by atoms with E-state index in [1.807, 2.05) is 24.3 Å². The number of hydrogen-bond acceptors (Lipinski definition) is 3. The smallest absolute Gasteiger partial charge is 0.141 e. The monoisotopic (exact) mass is 274 g/mol. The fourth-order valence-electron chi connectivity index (χ4n) is 2.04. The first-order valence-corrected chi connectivity index (χ1v) is 6.57. The number of benzene rings is 2. The Balaban J connectivity index is 1.82. The Morgan fingerprint density at radius 2 is 2.00 bits per heavy atom. The van der Waals surface area contributed by atoms with Crippen molar-refractivity contribution in [2.24, 2.45) is 0 Å². The number of rotatable bonds is 6. The van der Waals surface area contributed by atoms with Gasteiger partial charge in [0, 0.05) is 12.1 Å². The molecule has 0 spiro atoms. The Bertz CT molecular complexity index is 572. The van der Waals surface area contributed by atoms with Gasteiger partial charge in [-0.3, -0.25) is 0 Å². The van der Waals surface area contributed by atoms with Crippen LogP contribution in [-0.2, 0) is 13.0 Å². The van der Waals surface area contributed by atoms with Crippen molar-refractivity contribution >= 4 is 5.69 Å². The molecule has 0 unspecified atom stereocenters. The molecule has 0 saturated heterocycles. The highest BCUT2D eigenvalue weighted by atomic mass is 19.1. The SMILES string of the molecule is COc1ccc(CCNCc2ccccc2F)cc1N. The van der Waals surface area contributed by atoms with Crippen LogP contribution in [0.4, 0.5) is 10.1 Å². The topological polar surface area (TPSA) is 47.3 Å². The van der Waals surface area contributed by atoms with E-state index in [0.29, 0.717) is 23.5 Å². The third kappa shape index (κ3) is 3.71. The molecule has 0 aromatic heterocycles. The van der Waals surface area contributed by atoms with Gasteiger partial charge in [0.15, 0.2) is 0 Å². The van der Waals surface area contributed by atoms with Gasteiger partial charge in [0.05, 0.1) is 12.8 Å². The Hall–Kier alpha value is -2.07. The molecule has 0 aliphatic carbocycles. The maximum absolute atomic E-state index is 13.4. The Kier molecular flexibility index (Phi) is 4.96. The molecule has 0 heterocycles. The zero-order chi connectivity index (χ0) is 14.4. The summed E-state index contributed by atoms with van der Waals surface area (Å²) in [6.45, 7) is 1.29. The largest absolute Gasteiger partial charge is 0.495 e. The van der Waals surface area contributed by atoms with Gasteiger partial charge >= 0.3 is 0 Å². The molecular weight excluding hydrogens is 255 g/mol. The maximum Gasteiger partial charge on any atom is 0.141 e. The van der Waals surface area contributed by atoms with E-state index < -0.39 is 0 Å². The van der Waals surface area contributed by atoms with E-state index in [1.54, 1.807) is 19.2 Å². The number of methoxy groups -OCH3 is 1. The number of nitrogen functional groups attached to an aromatic ring is 1. The molecule has 0 aliphatic rings. The predicted molar refractivity (Wildman–Crippen MR) is 79.2 cm³/mol. The van der Waals surface area contributed by atoms with Gasteiger partial charge in [-0.1, -0.05) is 24.3 Å². The van der Waals surface area contributed by atoms with E-state index in [-0.39, 0.29) is 5.82 Å². The first kappa shape index (κ1) is 14.3. The van der Waals surface area contributed by atoms with Crippen LogP contribution < -0.4 is 15.8 Å². The first-order valence-electron chi connectivity index (χ1n) is 6.57. The van der Waals surface area contributed by atoms with Gasteiger partial charge in [0.2, 0.25) is 0 Å². The minimum absolute atomic E-state index is 0.173. The van der Waals surface area contributed by atoms with Gasteiger partial charge < -0.3 is 15.8 Å². The normalized spacial score (nSPS) is 10.5. The van der Waals surface area contributed by atoms with Crippen molar-refractivity contribution in [2.45, 2.75) is 13.0 Å². The highest BCUT2D eigenvalue weighted by molar-refractivity contribution is 5.54. The Labute approximate surface area is 118 Å². The van der Waals surface area contributed by atoms with Gasteiger partial charge in [-0.15, -0.1) is 0 Å². The van der Waals surface area contributed by atoms with Crippen LogP contribution in [0, 0.1) is 5.82 Å². The van der Waals surface area contributed by atoms with Crippen LogP contribution >= 0.6 is 0 Å². The summed E-state index contributed by atoms with van der Waals surface area (Å²) in [4.78, 5) is 0. The number of nitrogens with one attached hydrogen (secondary N) is 1. The molecule has 0 aliphatic heterocycles. The van der Waals surface area contributed by atoms with E-state index >= 15 is 0 Å². The van der Waals surface area contributed by atoms with Crippen molar-refractivity contribution in [1.29, 1.82) is 0 Å². The summed E-state index contributed by atoms with van der Waals surface area (Å²) in [6.07, 6.45) is 0.836. The first-order chi connectivity index (χ1) is 9.70. The Morgan fingerprint density at radius 3 is 2.70 bits per heavy atom. The van der Waals surface area contributed by atoms with Crippen molar-refractivity contribution in [1.82, 2.24) is 5.32 Å². The van der Waals surface area contributed by atoms with Crippen molar-refractivity contribution in [3.63, 3.8) is 0 Å². The lowest BCUT2D eigenvalue weighted by atomic mass is 10.1. The Morgan fingerprint density at radius 1 is 1.20 bits per heavy atom. The molecule has 0 fully saturated rings. The number of nitrogens with two attached hydrogens (primary N) is 1. The molecule has 0 atom stereocenters. The zero-order valence-corrected chi connectivity index (χ0v) is 11.5. The van der Waals surface area contributed by atoms with E-state index in [4.69, 9.17) is 10.5 Å². The number of halogens is 1. The second-order valence-corrected chi connectivity index (χ2v) is 4.59. The lowest BCUT2D eigenvalue weighted by Gasteiger charge is -2.08. The van der Waals surface area contributed by atoms with Crippen LogP contribution in [0.2, 0.25) is 0 Å². The lowest BCUT2D eigenvalue weighted by Crippen LogP contribution is -2.17. The van der Waals surface area contributed by atoms with E-state index in [2.05, 4.69) is 5.32 Å². The van der Waals surface area contributed by atoms with Crippen LogP contribution in [0.1, 0.15) is 11.1 Å². The average molecular weight is 274 g/mol. The molecule has 2 rings (SSSR count). The summed E-state index contributed by atoms with van der Waals surface area (Å²) in [5.41, 5.74) is 8.30. The molecule has 3 N–H and O–H groups in total. The lowest BCUT2D eigenvalue weighted by molar-refractivity contribution is 0.417. The third-order valence-corrected chi connectivity index (χ3v) is 3.16. The highest BCUT2D eigenvalue weighted by Crippen LogP contribution is 2.21. The molecule has 0 saturated carbocycles. The van der Waals surface area contributed by atoms with Crippen LogP contribution in [0.15, 0.2) is 42.5 Å². The summed E-state index contributed by atoms with van der Waals surface area (Å²) in [5, 5.41) is 3.23. The van der Waals surface area contributed by atoms with E-state index in [1.165, 1.54) is 6.07 Å². The van der Waals surface area contributed by atoms with Crippen molar-refractivity contribution in [3.05, 3.63) is 59.4 Å². The number of ether oxygens (including phenoxy) is 1. The van der Waals surface area contributed by atoms with Gasteiger partial charge in [-0.05, 0) is 36.7 Å². The van der Waals surface area contributed by atoms with E-state index in [9.17, 15) is 4.39 Å². The standard InChI is InChI=1S/C16H19FN2O/c1-20-16-7-6-12(10-15(16)18)8-9-19-11-13-4-2-3-5-14(13)17/h2-7,10,19H,8-9,11,18H2,1H3. The van der Waals surface area contributed by atoms with Crippen LogP contribution in [0.25, 0.3) is 0 Å². The molecule has 0 bridgehead atoms. The van der Waals surface area contributed by atoms with E-state index in [0.717, 1.165) is 18.5 Å². The molecule has 20 heavy (non-hydrogen) atoms. The van der Waals surface area contributed by atoms with Crippen molar-refractivity contribution < 1.29 is 9.13 Å². The third-order valence-electron chi connectivity index (χ3n) is 3.16. The number of hydrogen-bond donors (Lipinski definition) is 2. The quantitative estimate of drug-likeness (QED) is 0.629. The summed E-state index contributed by atoms with van der Waals surface area (Å²) < 4.78 is 18.5. The van der Waals surface area contributed by atoms with Crippen molar-refractivity contribution in [3.8, 4) is 5.75 Å². The predicted octanol–water partition coefficient (Wildman–Crippen LogP) is 2.75.